The van der Waals surface area contributed by atoms with E-state index in [-0.39, 0.29) is 18.4 Å². The minimum Gasteiger partial charge on any atom is -0.461 e. The van der Waals surface area contributed by atoms with Gasteiger partial charge >= 0.3 is 12.2 Å². The summed E-state index contributed by atoms with van der Waals surface area (Å²) in [4.78, 5) is 41.7. The summed E-state index contributed by atoms with van der Waals surface area (Å²) in [6, 6.07) is -0.122. The van der Waals surface area contributed by atoms with Crippen LogP contribution in [-0.2, 0) is 19.1 Å². The highest BCUT2D eigenvalue weighted by atomic mass is 19.1. The molecule has 0 aromatic carbocycles. The van der Waals surface area contributed by atoms with Crippen molar-refractivity contribution in [1.82, 2.24) is 10.3 Å². The van der Waals surface area contributed by atoms with Gasteiger partial charge in [0.15, 0.2) is 6.10 Å². The predicted octanol–water partition coefficient (Wildman–Crippen LogP) is 0.340. The zero-order chi connectivity index (χ0) is 19.7. The number of nitrogens with one attached hydrogen (secondary N) is 1. The lowest BCUT2D eigenvalue weighted by Gasteiger charge is -2.20. The maximum Gasteiger partial charge on any atom is 0.328 e. The average molecular weight is 366 g/mol. The van der Waals surface area contributed by atoms with Gasteiger partial charge in [0.05, 0.1) is 12.3 Å². The van der Waals surface area contributed by atoms with Crippen LogP contribution in [0.1, 0.15) is 38.4 Å². The van der Waals surface area contributed by atoms with Crippen LogP contribution in [0.4, 0.5) is 4.39 Å². The van der Waals surface area contributed by atoms with Gasteiger partial charge in [0.1, 0.15) is 11.9 Å². The molecule has 26 heavy (non-hydrogen) atoms. The quantitative estimate of drug-likeness (QED) is 0.279. The average Bonchev–Trinajstić information content (AvgIpc) is 2.57. The van der Waals surface area contributed by atoms with Gasteiger partial charge in [-0.3, -0.25) is 14.6 Å². The van der Waals surface area contributed by atoms with E-state index in [2.05, 4.69) is 15.1 Å². The topological polar surface area (TPSA) is 142 Å². The Bertz CT molecular complexity index is 718. The molecule has 140 valence electrons. The van der Waals surface area contributed by atoms with Crippen LogP contribution < -0.4 is 5.32 Å². The van der Waals surface area contributed by atoms with Crippen molar-refractivity contribution in [2.45, 2.75) is 44.9 Å². The molecule has 0 aliphatic rings. The van der Waals surface area contributed by atoms with Gasteiger partial charge in [-0.05, 0) is 26.3 Å². The number of carbonyl (C=O) groups is 3. The van der Waals surface area contributed by atoms with E-state index in [0.29, 0.717) is 6.21 Å². The van der Waals surface area contributed by atoms with Crippen molar-refractivity contribution in [3.05, 3.63) is 35.4 Å². The van der Waals surface area contributed by atoms with Crippen molar-refractivity contribution in [2.24, 2.45) is 0 Å². The van der Waals surface area contributed by atoms with Crippen LogP contribution in [0.2, 0.25) is 0 Å². The summed E-state index contributed by atoms with van der Waals surface area (Å²) in [5.74, 6) is -3.32. The standard InChI is InChI=1S/C16H19FN4O5/c1-9(2)26-16(25)13(4-3-10(22)7-20-18)21-15(24)14(23)11-5-6-19-8-12(11)17/h5-9,13-14,23H,3-4H2,1-2H3,(H,21,24)/t13-,14-/m0/s1. The van der Waals surface area contributed by atoms with E-state index in [1.807, 2.05) is 0 Å². The van der Waals surface area contributed by atoms with Crippen molar-refractivity contribution in [2.75, 3.05) is 0 Å². The molecule has 2 N–H and O–H groups in total. The van der Waals surface area contributed by atoms with Gasteiger partial charge in [-0.2, -0.15) is 4.79 Å². The molecule has 0 aliphatic carbocycles. The van der Waals surface area contributed by atoms with E-state index in [1.165, 1.54) is 6.20 Å². The number of aliphatic hydroxyl groups is 1. The van der Waals surface area contributed by atoms with Crippen LogP contribution >= 0.6 is 0 Å². The second kappa shape index (κ2) is 10.1. The third kappa shape index (κ3) is 6.50. The molecule has 0 bridgehead atoms. The van der Waals surface area contributed by atoms with E-state index in [9.17, 15) is 23.9 Å². The Balaban J connectivity index is 2.87. The van der Waals surface area contributed by atoms with Crippen molar-refractivity contribution in [3.8, 4) is 0 Å². The van der Waals surface area contributed by atoms with Crippen molar-refractivity contribution in [1.29, 1.82) is 0 Å². The number of ketones is 1. The summed E-state index contributed by atoms with van der Waals surface area (Å²) in [6.07, 6.45) is -0.0276. The molecule has 10 heteroatoms. The molecule has 1 heterocycles. The second-order valence-corrected chi connectivity index (χ2v) is 5.60. The largest absolute Gasteiger partial charge is 0.461 e. The van der Waals surface area contributed by atoms with Gasteiger partial charge in [0, 0.05) is 18.2 Å². The molecule has 0 spiro atoms. The molecular weight excluding hydrogens is 347 g/mol. The van der Waals surface area contributed by atoms with Gasteiger partial charge in [-0.15, -0.1) is 0 Å². The first-order valence-electron chi connectivity index (χ1n) is 7.74. The summed E-state index contributed by atoms with van der Waals surface area (Å²) in [7, 11) is 0. The molecule has 2 atom stereocenters. The minimum absolute atomic E-state index is 0.159. The molecule has 0 aliphatic heterocycles. The summed E-state index contributed by atoms with van der Waals surface area (Å²) in [6.45, 7) is 3.20. The van der Waals surface area contributed by atoms with Crippen LogP contribution in [0.5, 0.6) is 0 Å². The number of esters is 1. The minimum atomic E-state index is -1.87. The summed E-state index contributed by atoms with van der Waals surface area (Å²) >= 11 is 0. The fraction of sp³-hybridized carbons (Fsp3) is 0.438. The SMILES string of the molecule is CC(C)OC(=O)[C@H](CCC(=O)C=[N+]=[N-])NC(=O)[C@@H](O)c1ccncc1F. The monoisotopic (exact) mass is 366 g/mol. The third-order valence-corrected chi connectivity index (χ3v) is 3.18. The number of Topliss-reactive ketones (excluding diaryl/α,β-unsaturated/α-hetero) is 1. The molecule has 1 aromatic rings. The number of carbonyl (C=O) groups excluding carboxylic acids is 3. The van der Waals surface area contributed by atoms with E-state index in [0.717, 1.165) is 12.3 Å². The zero-order valence-corrected chi connectivity index (χ0v) is 14.3. The normalized spacial score (nSPS) is 12.7. The Morgan fingerprint density at radius 1 is 1.46 bits per heavy atom. The van der Waals surface area contributed by atoms with E-state index >= 15 is 0 Å². The maximum absolute atomic E-state index is 13.6. The number of ether oxygens (including phenoxy) is 1. The Kier molecular flexibility index (Phi) is 8.20. The lowest BCUT2D eigenvalue weighted by Crippen LogP contribution is -2.45. The highest BCUT2D eigenvalue weighted by molar-refractivity contribution is 6.25. The highest BCUT2D eigenvalue weighted by Gasteiger charge is 2.28. The zero-order valence-electron chi connectivity index (χ0n) is 14.3. The van der Waals surface area contributed by atoms with Crippen LogP contribution in [-0.4, -0.2) is 50.9 Å². The maximum atomic E-state index is 13.6. The molecule has 1 amide bonds. The predicted molar refractivity (Wildman–Crippen MR) is 86.2 cm³/mol. The lowest BCUT2D eigenvalue weighted by molar-refractivity contribution is -0.152. The summed E-state index contributed by atoms with van der Waals surface area (Å²) < 4.78 is 18.6. The van der Waals surface area contributed by atoms with Crippen LogP contribution in [0.3, 0.4) is 0 Å². The molecular formula is C16H19FN4O5. The number of halogens is 1. The van der Waals surface area contributed by atoms with Crippen LogP contribution in [0.15, 0.2) is 18.5 Å². The van der Waals surface area contributed by atoms with Gasteiger partial charge in [-0.25, -0.2) is 9.18 Å². The molecule has 1 rings (SSSR count). The third-order valence-electron chi connectivity index (χ3n) is 3.18. The molecule has 0 fully saturated rings. The fourth-order valence-corrected chi connectivity index (χ4v) is 1.98. The number of hydrogen-bond acceptors (Lipinski definition) is 6. The Morgan fingerprint density at radius 2 is 2.15 bits per heavy atom. The second-order valence-electron chi connectivity index (χ2n) is 5.60. The van der Waals surface area contributed by atoms with Gasteiger partial charge in [-0.1, -0.05) is 0 Å². The highest BCUT2D eigenvalue weighted by Crippen LogP contribution is 2.16. The number of hydrogen-bond donors (Lipinski definition) is 2. The Morgan fingerprint density at radius 3 is 2.73 bits per heavy atom. The van der Waals surface area contributed by atoms with Crippen LogP contribution in [0.25, 0.3) is 5.53 Å². The first-order chi connectivity index (χ1) is 12.3. The number of aromatic nitrogens is 1. The van der Waals surface area contributed by atoms with Gasteiger partial charge in [0.2, 0.25) is 5.78 Å². The molecule has 0 saturated heterocycles. The molecule has 9 nitrogen and oxygen atoms in total. The van der Waals surface area contributed by atoms with E-state index in [4.69, 9.17) is 10.3 Å². The number of pyridine rings is 1. The Labute approximate surface area is 148 Å². The number of amides is 1. The molecule has 0 unspecified atom stereocenters. The molecule has 0 saturated carbocycles. The lowest BCUT2D eigenvalue weighted by atomic mass is 10.1. The smallest absolute Gasteiger partial charge is 0.328 e. The van der Waals surface area contributed by atoms with Crippen molar-refractivity contribution < 1.29 is 33.4 Å². The van der Waals surface area contributed by atoms with Gasteiger partial charge in [0.25, 0.3) is 5.91 Å². The Hall–Kier alpha value is -2.97. The van der Waals surface area contributed by atoms with Crippen molar-refractivity contribution >= 4 is 23.9 Å². The fourth-order valence-electron chi connectivity index (χ4n) is 1.98. The van der Waals surface area contributed by atoms with E-state index in [1.54, 1.807) is 13.8 Å². The summed E-state index contributed by atoms with van der Waals surface area (Å²) in [5.41, 5.74) is 8.01. The van der Waals surface area contributed by atoms with Crippen molar-refractivity contribution in [3.63, 3.8) is 0 Å². The number of aliphatic hydroxyl groups excluding tert-OH is 1. The first-order valence-corrected chi connectivity index (χ1v) is 7.74. The number of nitrogens with zero attached hydrogens (tertiary/aromatic N) is 3. The van der Waals surface area contributed by atoms with Gasteiger partial charge < -0.3 is 20.7 Å². The molecule has 1 aromatic heterocycles. The molecule has 0 radical (unpaired) electrons. The van der Waals surface area contributed by atoms with Crippen LogP contribution in [0, 0.1) is 5.82 Å². The summed E-state index contributed by atoms with van der Waals surface area (Å²) in [5, 5.41) is 12.2. The first kappa shape index (κ1) is 21.1. The van der Waals surface area contributed by atoms with E-state index < -0.39 is 41.7 Å². The number of rotatable bonds is 9.